The van der Waals surface area contributed by atoms with Crippen LogP contribution in [0.4, 0.5) is 0 Å². The van der Waals surface area contributed by atoms with Crippen LogP contribution in [0.3, 0.4) is 0 Å². The zero-order valence-electron chi connectivity index (χ0n) is 8.79. The summed E-state index contributed by atoms with van der Waals surface area (Å²) in [4.78, 5) is 26.4. The lowest BCUT2D eigenvalue weighted by atomic mass is 10.1. The van der Waals surface area contributed by atoms with Crippen molar-refractivity contribution in [3.05, 3.63) is 42.5 Å². The molecule has 3 heterocycles. The van der Waals surface area contributed by atoms with Crippen LogP contribution < -0.4 is 0 Å². The minimum Gasteiger partial charge on any atom is -0.345 e. The van der Waals surface area contributed by atoms with Gasteiger partial charge in [-0.3, -0.25) is 9.78 Å². The predicted molar refractivity (Wildman–Crippen MR) is 62.5 cm³/mol. The van der Waals surface area contributed by atoms with E-state index < -0.39 is 0 Å². The largest absolute Gasteiger partial charge is 0.345 e. The van der Waals surface area contributed by atoms with Crippen LogP contribution in [0.2, 0.25) is 0 Å². The average Bonchev–Trinajstić information content (AvgIpc) is 2.82. The molecule has 0 atom stereocenters. The molecule has 0 spiro atoms. The molecule has 0 saturated heterocycles. The Balaban J connectivity index is 2.36. The molecule has 0 saturated carbocycles. The zero-order valence-corrected chi connectivity index (χ0v) is 8.79. The number of hydrogen-bond donors (Lipinski definition) is 1. The van der Waals surface area contributed by atoms with Gasteiger partial charge in [-0.05, 0) is 12.1 Å². The molecule has 0 aliphatic rings. The highest BCUT2D eigenvalue weighted by molar-refractivity contribution is 6.02. The third kappa shape index (κ3) is 1.48. The Morgan fingerprint density at radius 2 is 2.12 bits per heavy atom. The molecule has 3 rings (SSSR count). The molecular weight excluding hydrogens is 216 g/mol. The predicted octanol–water partition coefficient (Wildman–Crippen LogP) is 1.83. The number of aromatic nitrogens is 4. The lowest BCUT2D eigenvalue weighted by Crippen LogP contribution is -1.91. The Morgan fingerprint density at radius 3 is 2.88 bits per heavy atom. The Labute approximate surface area is 96.6 Å². The molecule has 82 valence electrons. The van der Waals surface area contributed by atoms with Gasteiger partial charge in [0.05, 0.1) is 11.1 Å². The van der Waals surface area contributed by atoms with Gasteiger partial charge in [0, 0.05) is 18.0 Å². The fourth-order valence-corrected chi connectivity index (χ4v) is 1.78. The maximum absolute atomic E-state index is 11.0. The van der Waals surface area contributed by atoms with E-state index in [0.29, 0.717) is 22.3 Å². The normalized spacial score (nSPS) is 10.6. The molecule has 3 aromatic rings. The number of aldehydes is 1. The number of carbonyl (C=O) groups excluding carboxylic acids is 1. The minimum absolute atomic E-state index is 0.543. The van der Waals surface area contributed by atoms with E-state index in [9.17, 15) is 4.79 Å². The monoisotopic (exact) mass is 224 g/mol. The van der Waals surface area contributed by atoms with Crippen LogP contribution in [0, 0.1) is 0 Å². The van der Waals surface area contributed by atoms with Crippen molar-refractivity contribution in [2.45, 2.75) is 0 Å². The molecule has 0 aromatic carbocycles. The van der Waals surface area contributed by atoms with E-state index in [2.05, 4.69) is 19.9 Å². The van der Waals surface area contributed by atoms with Crippen molar-refractivity contribution in [2.24, 2.45) is 0 Å². The summed E-state index contributed by atoms with van der Waals surface area (Å²) in [6.45, 7) is 0. The third-order valence-corrected chi connectivity index (χ3v) is 2.53. The van der Waals surface area contributed by atoms with Gasteiger partial charge in [-0.15, -0.1) is 0 Å². The van der Waals surface area contributed by atoms with Gasteiger partial charge in [-0.25, -0.2) is 9.97 Å². The number of pyridine rings is 1. The van der Waals surface area contributed by atoms with Crippen LogP contribution >= 0.6 is 0 Å². The van der Waals surface area contributed by atoms with Crippen LogP contribution in [0.1, 0.15) is 10.4 Å². The van der Waals surface area contributed by atoms with Gasteiger partial charge in [0.25, 0.3) is 0 Å². The Bertz CT molecular complexity index is 675. The fraction of sp³-hybridized carbons (Fsp3) is 0. The van der Waals surface area contributed by atoms with E-state index in [1.165, 1.54) is 6.33 Å². The molecule has 3 aromatic heterocycles. The molecule has 1 N–H and O–H groups in total. The van der Waals surface area contributed by atoms with Gasteiger partial charge in [0.15, 0.2) is 6.29 Å². The van der Waals surface area contributed by atoms with E-state index in [-0.39, 0.29) is 0 Å². The first-order valence-corrected chi connectivity index (χ1v) is 5.09. The second-order valence-corrected chi connectivity index (χ2v) is 3.52. The summed E-state index contributed by atoms with van der Waals surface area (Å²) in [6.07, 6.45) is 5.56. The molecular formula is C12H8N4O. The number of aromatic amines is 1. The molecule has 0 aliphatic heterocycles. The molecule has 0 bridgehead atoms. The second kappa shape index (κ2) is 3.79. The third-order valence-electron chi connectivity index (χ3n) is 2.53. The van der Waals surface area contributed by atoms with Gasteiger partial charge in [0.1, 0.15) is 17.7 Å². The Hall–Kier alpha value is -2.56. The quantitative estimate of drug-likeness (QED) is 0.674. The highest BCUT2D eigenvalue weighted by Crippen LogP contribution is 2.25. The van der Waals surface area contributed by atoms with E-state index in [1.54, 1.807) is 12.4 Å². The summed E-state index contributed by atoms with van der Waals surface area (Å²) in [5, 5.41) is 0.709. The lowest BCUT2D eigenvalue weighted by molar-refractivity contribution is 0.112. The van der Waals surface area contributed by atoms with Crippen molar-refractivity contribution in [1.29, 1.82) is 0 Å². The van der Waals surface area contributed by atoms with Gasteiger partial charge in [-0.2, -0.15) is 0 Å². The Morgan fingerprint density at radius 1 is 1.18 bits per heavy atom. The number of nitrogens with one attached hydrogen (secondary N) is 1. The average molecular weight is 224 g/mol. The number of H-pyrrole nitrogens is 1. The van der Waals surface area contributed by atoms with Crippen molar-refractivity contribution in [3.8, 4) is 11.4 Å². The summed E-state index contributed by atoms with van der Waals surface area (Å²) in [5.41, 5.74) is 2.57. The van der Waals surface area contributed by atoms with Gasteiger partial charge in [0.2, 0.25) is 0 Å². The van der Waals surface area contributed by atoms with Crippen molar-refractivity contribution in [3.63, 3.8) is 0 Å². The smallest absolute Gasteiger partial charge is 0.152 e. The van der Waals surface area contributed by atoms with Crippen LogP contribution in [-0.4, -0.2) is 26.2 Å². The molecule has 0 unspecified atom stereocenters. The first-order valence-electron chi connectivity index (χ1n) is 5.09. The van der Waals surface area contributed by atoms with Crippen molar-refractivity contribution < 1.29 is 4.79 Å². The van der Waals surface area contributed by atoms with Gasteiger partial charge >= 0.3 is 0 Å². The first kappa shape index (κ1) is 9.65. The van der Waals surface area contributed by atoms with Gasteiger partial charge in [-0.1, -0.05) is 6.07 Å². The van der Waals surface area contributed by atoms with Crippen molar-refractivity contribution in [1.82, 2.24) is 19.9 Å². The maximum atomic E-state index is 11.0. The van der Waals surface area contributed by atoms with Crippen LogP contribution in [0.15, 0.2) is 36.9 Å². The summed E-state index contributed by atoms with van der Waals surface area (Å²) in [7, 11) is 0. The molecule has 0 radical (unpaired) electrons. The van der Waals surface area contributed by atoms with Gasteiger partial charge < -0.3 is 4.98 Å². The van der Waals surface area contributed by atoms with E-state index in [4.69, 9.17) is 0 Å². The highest BCUT2D eigenvalue weighted by atomic mass is 16.1. The van der Waals surface area contributed by atoms with Crippen molar-refractivity contribution >= 4 is 17.3 Å². The molecule has 5 heteroatoms. The van der Waals surface area contributed by atoms with E-state index >= 15 is 0 Å². The molecule has 0 amide bonds. The van der Waals surface area contributed by atoms with Crippen molar-refractivity contribution in [2.75, 3.05) is 0 Å². The van der Waals surface area contributed by atoms with E-state index in [0.717, 1.165) is 12.0 Å². The topological polar surface area (TPSA) is 71.5 Å². The summed E-state index contributed by atoms with van der Waals surface area (Å²) < 4.78 is 0. The molecule has 0 aliphatic carbocycles. The zero-order chi connectivity index (χ0) is 11.7. The number of hydrogen-bond acceptors (Lipinski definition) is 4. The maximum Gasteiger partial charge on any atom is 0.152 e. The summed E-state index contributed by atoms with van der Waals surface area (Å²) >= 11 is 0. The summed E-state index contributed by atoms with van der Waals surface area (Å²) in [6, 6.07) is 5.56. The molecule has 0 fully saturated rings. The molecule has 17 heavy (non-hydrogen) atoms. The van der Waals surface area contributed by atoms with Crippen LogP contribution in [-0.2, 0) is 0 Å². The Kier molecular flexibility index (Phi) is 2.15. The molecule has 5 nitrogen and oxygen atoms in total. The lowest BCUT2D eigenvalue weighted by Gasteiger charge is -2.01. The number of carbonyl (C=O) groups is 1. The summed E-state index contributed by atoms with van der Waals surface area (Å²) in [5.74, 6) is 0. The fourth-order valence-electron chi connectivity index (χ4n) is 1.78. The van der Waals surface area contributed by atoms with E-state index in [1.807, 2.05) is 18.2 Å². The number of fused-ring (bicyclic) bond motifs is 1. The SMILES string of the molecule is O=Cc1c[nH]c2ncnc(-c3ccccn3)c12. The minimum atomic E-state index is 0.543. The van der Waals surface area contributed by atoms with Crippen LogP contribution in [0.5, 0.6) is 0 Å². The number of rotatable bonds is 2. The van der Waals surface area contributed by atoms with Crippen LogP contribution in [0.25, 0.3) is 22.4 Å². The highest BCUT2D eigenvalue weighted by Gasteiger charge is 2.12. The standard InChI is InChI=1S/C12H8N4O/c17-6-8-5-14-12-10(8)11(15-7-16-12)9-3-1-2-4-13-9/h1-7H,(H,14,15,16). The first-order chi connectivity index (χ1) is 8.40. The number of nitrogens with zero attached hydrogens (tertiary/aromatic N) is 3. The second-order valence-electron chi connectivity index (χ2n) is 3.52.